The van der Waals surface area contributed by atoms with Crippen LogP contribution in [0.4, 0.5) is 13.2 Å². The molecule has 2 rings (SSSR count). The lowest BCUT2D eigenvalue weighted by molar-refractivity contribution is -0.117. The first-order valence-electron chi connectivity index (χ1n) is 5.74. The minimum Gasteiger partial charge on any atom is -0.299 e. The van der Waals surface area contributed by atoms with Gasteiger partial charge in [-0.25, -0.2) is 13.2 Å². The van der Waals surface area contributed by atoms with Gasteiger partial charge in [0.25, 0.3) is 0 Å². The Morgan fingerprint density at radius 1 is 0.895 bits per heavy atom. The molecule has 0 radical (unpaired) electrons. The second kappa shape index (κ2) is 5.69. The Bertz CT molecular complexity index is 608. The molecular weight excluding hydrogens is 253 g/mol. The van der Waals surface area contributed by atoms with Crippen LogP contribution in [0.5, 0.6) is 0 Å². The SMILES string of the molecule is O=C(Cc1cccc(F)c1)Cc1ccc(F)cc1F. The molecule has 2 aromatic rings. The lowest BCUT2D eigenvalue weighted by Gasteiger charge is -2.04. The average Bonchev–Trinajstić information content (AvgIpc) is 2.33. The number of ketones is 1. The maximum absolute atomic E-state index is 13.4. The van der Waals surface area contributed by atoms with E-state index in [1.807, 2.05) is 0 Å². The highest BCUT2D eigenvalue weighted by Crippen LogP contribution is 2.12. The first kappa shape index (κ1) is 13.3. The van der Waals surface area contributed by atoms with Crippen molar-refractivity contribution < 1.29 is 18.0 Å². The molecular formula is C15H11F3O. The van der Waals surface area contributed by atoms with Gasteiger partial charge >= 0.3 is 0 Å². The van der Waals surface area contributed by atoms with Gasteiger partial charge in [-0.15, -0.1) is 0 Å². The third-order valence-electron chi connectivity index (χ3n) is 2.69. The number of hydrogen-bond donors (Lipinski definition) is 0. The van der Waals surface area contributed by atoms with E-state index in [1.165, 1.54) is 24.3 Å². The second-order valence-corrected chi connectivity index (χ2v) is 4.26. The summed E-state index contributed by atoms with van der Waals surface area (Å²) >= 11 is 0. The van der Waals surface area contributed by atoms with Gasteiger partial charge in [-0.05, 0) is 29.3 Å². The Kier molecular flexibility index (Phi) is 4.00. The number of rotatable bonds is 4. The van der Waals surface area contributed by atoms with Crippen molar-refractivity contribution in [2.45, 2.75) is 12.8 Å². The standard InChI is InChI=1S/C15H11F3O/c16-12-3-1-2-10(6-12)7-14(19)8-11-4-5-13(17)9-15(11)18/h1-6,9H,7-8H2. The number of carbonyl (C=O) groups is 1. The van der Waals surface area contributed by atoms with E-state index in [4.69, 9.17) is 0 Å². The van der Waals surface area contributed by atoms with Crippen LogP contribution in [0.15, 0.2) is 42.5 Å². The Hall–Kier alpha value is -2.10. The molecule has 0 aliphatic rings. The zero-order valence-corrected chi connectivity index (χ0v) is 10.00. The molecule has 1 nitrogen and oxygen atoms in total. The Balaban J connectivity index is 2.05. The molecule has 0 aliphatic heterocycles. The number of hydrogen-bond acceptors (Lipinski definition) is 1. The van der Waals surface area contributed by atoms with Crippen LogP contribution in [-0.4, -0.2) is 5.78 Å². The summed E-state index contributed by atoms with van der Waals surface area (Å²) in [4.78, 5) is 11.7. The Morgan fingerprint density at radius 2 is 1.63 bits per heavy atom. The fourth-order valence-electron chi connectivity index (χ4n) is 1.81. The summed E-state index contributed by atoms with van der Waals surface area (Å²) < 4.78 is 39.0. The first-order chi connectivity index (χ1) is 9.04. The smallest absolute Gasteiger partial charge is 0.141 e. The van der Waals surface area contributed by atoms with Crippen molar-refractivity contribution in [1.82, 2.24) is 0 Å². The van der Waals surface area contributed by atoms with Crippen molar-refractivity contribution in [1.29, 1.82) is 0 Å². The van der Waals surface area contributed by atoms with Crippen LogP contribution in [0.2, 0.25) is 0 Å². The number of carbonyl (C=O) groups excluding carboxylic acids is 1. The van der Waals surface area contributed by atoms with E-state index >= 15 is 0 Å². The van der Waals surface area contributed by atoms with Gasteiger partial charge in [0.2, 0.25) is 0 Å². The van der Waals surface area contributed by atoms with E-state index in [2.05, 4.69) is 0 Å². The summed E-state index contributed by atoms with van der Waals surface area (Å²) in [6, 6.07) is 8.78. The van der Waals surface area contributed by atoms with Gasteiger partial charge in [-0.3, -0.25) is 4.79 Å². The molecule has 0 fully saturated rings. The second-order valence-electron chi connectivity index (χ2n) is 4.26. The fraction of sp³-hybridized carbons (Fsp3) is 0.133. The monoisotopic (exact) mass is 264 g/mol. The molecule has 2 aromatic carbocycles. The van der Waals surface area contributed by atoms with Crippen molar-refractivity contribution in [3.8, 4) is 0 Å². The van der Waals surface area contributed by atoms with Gasteiger partial charge in [0, 0.05) is 18.9 Å². The molecule has 4 heteroatoms. The zero-order chi connectivity index (χ0) is 13.8. The largest absolute Gasteiger partial charge is 0.299 e. The van der Waals surface area contributed by atoms with Crippen molar-refractivity contribution >= 4 is 5.78 Å². The minimum absolute atomic E-state index is 0.0224. The Morgan fingerprint density at radius 3 is 2.32 bits per heavy atom. The predicted molar refractivity (Wildman–Crippen MR) is 65.2 cm³/mol. The molecule has 0 unspecified atom stereocenters. The minimum atomic E-state index is -0.743. The van der Waals surface area contributed by atoms with E-state index in [-0.39, 0.29) is 24.2 Å². The highest BCUT2D eigenvalue weighted by Gasteiger charge is 2.10. The van der Waals surface area contributed by atoms with Crippen molar-refractivity contribution in [2.75, 3.05) is 0 Å². The molecule has 0 atom stereocenters. The van der Waals surface area contributed by atoms with Crippen molar-refractivity contribution in [3.63, 3.8) is 0 Å². The third-order valence-corrected chi connectivity index (χ3v) is 2.69. The van der Waals surface area contributed by atoms with Gasteiger partial charge in [-0.1, -0.05) is 18.2 Å². The number of benzene rings is 2. The normalized spacial score (nSPS) is 10.5. The molecule has 0 bridgehead atoms. The van der Waals surface area contributed by atoms with Crippen molar-refractivity contribution in [3.05, 3.63) is 71.0 Å². The summed E-state index contributed by atoms with van der Waals surface area (Å²) in [5, 5.41) is 0. The third kappa shape index (κ3) is 3.68. The van der Waals surface area contributed by atoms with Gasteiger partial charge in [0.1, 0.15) is 23.2 Å². The first-order valence-corrected chi connectivity index (χ1v) is 5.74. The van der Waals surface area contributed by atoms with Gasteiger partial charge in [-0.2, -0.15) is 0 Å². The highest BCUT2D eigenvalue weighted by atomic mass is 19.1. The van der Waals surface area contributed by atoms with Gasteiger partial charge < -0.3 is 0 Å². The van der Waals surface area contributed by atoms with E-state index in [0.29, 0.717) is 5.56 Å². The van der Waals surface area contributed by atoms with E-state index in [1.54, 1.807) is 6.07 Å². The van der Waals surface area contributed by atoms with Crippen LogP contribution in [0.3, 0.4) is 0 Å². The molecule has 19 heavy (non-hydrogen) atoms. The fourth-order valence-corrected chi connectivity index (χ4v) is 1.81. The van der Waals surface area contributed by atoms with E-state index < -0.39 is 17.5 Å². The molecule has 0 heterocycles. The van der Waals surface area contributed by atoms with Crippen LogP contribution in [0.1, 0.15) is 11.1 Å². The molecule has 0 amide bonds. The van der Waals surface area contributed by atoms with Gasteiger partial charge in [0.15, 0.2) is 0 Å². The highest BCUT2D eigenvalue weighted by molar-refractivity contribution is 5.83. The van der Waals surface area contributed by atoms with Crippen LogP contribution in [0.25, 0.3) is 0 Å². The maximum Gasteiger partial charge on any atom is 0.141 e. The number of Topliss-reactive ketones (excluding diaryl/α,β-unsaturated/α-hetero) is 1. The summed E-state index contributed by atoms with van der Waals surface area (Å²) in [7, 11) is 0. The quantitative estimate of drug-likeness (QED) is 0.826. The van der Waals surface area contributed by atoms with E-state index in [9.17, 15) is 18.0 Å². The summed E-state index contributed by atoms with van der Waals surface area (Å²) in [6.45, 7) is 0. The van der Waals surface area contributed by atoms with Crippen LogP contribution in [0, 0.1) is 17.5 Å². The molecule has 0 N–H and O–H groups in total. The summed E-state index contributed by atoms with van der Waals surface area (Å²) in [6.07, 6.45) is -0.114. The zero-order valence-electron chi connectivity index (χ0n) is 10.00. The maximum atomic E-state index is 13.4. The molecule has 0 saturated carbocycles. The van der Waals surface area contributed by atoms with Crippen LogP contribution in [-0.2, 0) is 17.6 Å². The Labute approximate surface area is 108 Å². The summed E-state index contributed by atoms with van der Waals surface area (Å²) in [5.41, 5.74) is 0.676. The molecule has 98 valence electrons. The number of halogens is 3. The molecule has 0 aliphatic carbocycles. The lowest BCUT2D eigenvalue weighted by atomic mass is 10.0. The molecule has 0 saturated heterocycles. The van der Waals surface area contributed by atoms with Crippen LogP contribution >= 0.6 is 0 Å². The molecule has 0 aromatic heterocycles. The molecule has 0 spiro atoms. The predicted octanol–water partition coefficient (Wildman–Crippen LogP) is 3.46. The summed E-state index contributed by atoms with van der Waals surface area (Å²) in [5.74, 6) is -2.10. The van der Waals surface area contributed by atoms with Gasteiger partial charge in [0.05, 0.1) is 0 Å². The topological polar surface area (TPSA) is 17.1 Å². The lowest BCUT2D eigenvalue weighted by Crippen LogP contribution is -2.08. The van der Waals surface area contributed by atoms with Crippen LogP contribution < -0.4 is 0 Å². The van der Waals surface area contributed by atoms with E-state index in [0.717, 1.165) is 12.1 Å². The average molecular weight is 264 g/mol. The van der Waals surface area contributed by atoms with Crippen molar-refractivity contribution in [2.24, 2.45) is 0 Å².